The minimum absolute atomic E-state index is 0.116. The summed E-state index contributed by atoms with van der Waals surface area (Å²) in [6.45, 7) is 2.67. The quantitative estimate of drug-likeness (QED) is 0.666. The summed E-state index contributed by atoms with van der Waals surface area (Å²) < 4.78 is 15.4. The number of aromatic nitrogens is 2. The second kappa shape index (κ2) is 8.15. The van der Waals surface area contributed by atoms with E-state index in [0.717, 1.165) is 10.6 Å². The van der Waals surface area contributed by atoms with Crippen molar-refractivity contribution in [1.82, 2.24) is 15.0 Å². The van der Waals surface area contributed by atoms with Gasteiger partial charge in [-0.3, -0.25) is 14.9 Å². The van der Waals surface area contributed by atoms with Crippen molar-refractivity contribution in [3.63, 3.8) is 0 Å². The van der Waals surface area contributed by atoms with E-state index >= 15 is 0 Å². The minimum atomic E-state index is -0.380. The molecule has 0 bridgehead atoms. The molecule has 1 aliphatic rings. The predicted octanol–water partition coefficient (Wildman–Crippen LogP) is 2.91. The molecular weight excluding hydrogens is 408 g/mol. The lowest BCUT2D eigenvalue weighted by molar-refractivity contribution is 0.0735. The van der Waals surface area contributed by atoms with Crippen molar-refractivity contribution < 1.29 is 23.6 Å². The van der Waals surface area contributed by atoms with Crippen LogP contribution in [-0.2, 0) is 13.0 Å². The number of hydrogen-bond acceptors (Lipinski definition) is 8. The van der Waals surface area contributed by atoms with E-state index in [1.807, 2.05) is 0 Å². The Balaban J connectivity index is 1.49. The van der Waals surface area contributed by atoms with E-state index in [-0.39, 0.29) is 17.5 Å². The minimum Gasteiger partial charge on any atom is -0.497 e. The molecule has 0 spiro atoms. The van der Waals surface area contributed by atoms with Crippen LogP contribution in [0, 0.1) is 6.92 Å². The number of rotatable bonds is 5. The summed E-state index contributed by atoms with van der Waals surface area (Å²) in [4.78, 5) is 32.5. The highest BCUT2D eigenvalue weighted by Gasteiger charge is 2.26. The Morgan fingerprint density at radius 1 is 1.17 bits per heavy atom. The van der Waals surface area contributed by atoms with Gasteiger partial charge in [0.25, 0.3) is 11.8 Å². The van der Waals surface area contributed by atoms with E-state index in [1.54, 1.807) is 50.3 Å². The molecule has 156 valence electrons. The van der Waals surface area contributed by atoms with Crippen molar-refractivity contribution in [2.75, 3.05) is 26.1 Å². The number of carbonyl (C=O) groups is 2. The molecule has 0 saturated carbocycles. The fourth-order valence-corrected chi connectivity index (χ4v) is 4.19. The third-order valence-electron chi connectivity index (χ3n) is 4.70. The third-order valence-corrected chi connectivity index (χ3v) is 5.70. The molecule has 1 aromatic carbocycles. The van der Waals surface area contributed by atoms with Gasteiger partial charge < -0.3 is 18.9 Å². The van der Waals surface area contributed by atoms with Gasteiger partial charge in [0.05, 0.1) is 26.5 Å². The zero-order valence-corrected chi connectivity index (χ0v) is 17.5. The number of anilines is 1. The summed E-state index contributed by atoms with van der Waals surface area (Å²) in [5.74, 6) is 1.17. The van der Waals surface area contributed by atoms with Crippen molar-refractivity contribution in [3.05, 3.63) is 51.9 Å². The van der Waals surface area contributed by atoms with Gasteiger partial charge in [-0.1, -0.05) is 16.5 Å². The van der Waals surface area contributed by atoms with Crippen LogP contribution in [0.4, 0.5) is 5.13 Å². The topological polar surface area (TPSA) is 107 Å². The van der Waals surface area contributed by atoms with Crippen molar-refractivity contribution in [3.8, 4) is 11.5 Å². The Kier molecular flexibility index (Phi) is 5.40. The summed E-state index contributed by atoms with van der Waals surface area (Å²) in [5.41, 5.74) is 1.58. The van der Waals surface area contributed by atoms with Gasteiger partial charge in [-0.15, -0.1) is 0 Å². The molecule has 3 aromatic rings. The van der Waals surface area contributed by atoms with Crippen LogP contribution in [0.3, 0.4) is 0 Å². The average Bonchev–Trinajstić information content (AvgIpc) is 3.37. The number of amides is 2. The summed E-state index contributed by atoms with van der Waals surface area (Å²) in [6, 6.07) is 6.67. The number of methoxy groups -OCH3 is 2. The maximum atomic E-state index is 13.0. The number of carbonyl (C=O) groups excluding carboxylic acids is 2. The highest BCUT2D eigenvalue weighted by Crippen LogP contribution is 2.30. The zero-order valence-electron chi connectivity index (χ0n) is 16.7. The molecule has 2 aromatic heterocycles. The summed E-state index contributed by atoms with van der Waals surface area (Å²) in [5, 5.41) is 6.93. The molecule has 0 radical (unpaired) electrons. The number of thiazole rings is 1. The Labute approximate surface area is 176 Å². The fourth-order valence-electron chi connectivity index (χ4n) is 3.17. The Hall–Kier alpha value is -3.40. The predicted molar refractivity (Wildman–Crippen MR) is 109 cm³/mol. The van der Waals surface area contributed by atoms with Crippen LogP contribution in [-0.4, -0.2) is 47.6 Å². The van der Waals surface area contributed by atoms with Crippen LogP contribution in [0.5, 0.6) is 11.5 Å². The van der Waals surface area contributed by atoms with Crippen LogP contribution in [0.1, 0.15) is 37.2 Å². The molecule has 3 heterocycles. The molecule has 30 heavy (non-hydrogen) atoms. The van der Waals surface area contributed by atoms with E-state index in [1.165, 1.54) is 11.3 Å². The molecular formula is C20H20N4O5S. The molecule has 0 saturated heterocycles. The Morgan fingerprint density at radius 3 is 2.53 bits per heavy atom. The van der Waals surface area contributed by atoms with Gasteiger partial charge in [-0.2, -0.15) is 0 Å². The molecule has 0 unspecified atom stereocenters. The first-order valence-corrected chi connectivity index (χ1v) is 10.0. The number of nitrogens with one attached hydrogen (secondary N) is 1. The smallest absolute Gasteiger partial charge is 0.279 e. The lowest BCUT2D eigenvalue weighted by atomic mass is 10.1. The first-order chi connectivity index (χ1) is 14.5. The van der Waals surface area contributed by atoms with Crippen LogP contribution >= 0.6 is 11.3 Å². The highest BCUT2D eigenvalue weighted by molar-refractivity contribution is 7.15. The number of fused-ring (bicyclic) bond motifs is 1. The molecule has 0 fully saturated rings. The molecule has 2 amide bonds. The van der Waals surface area contributed by atoms with E-state index in [2.05, 4.69) is 15.5 Å². The van der Waals surface area contributed by atoms with E-state index < -0.39 is 0 Å². The summed E-state index contributed by atoms with van der Waals surface area (Å²) in [6.07, 6.45) is 0.609. The van der Waals surface area contributed by atoms with Crippen molar-refractivity contribution in [2.24, 2.45) is 0 Å². The van der Waals surface area contributed by atoms with Gasteiger partial charge >= 0.3 is 0 Å². The molecule has 10 heteroatoms. The number of hydrogen-bond donors (Lipinski definition) is 1. The third kappa shape index (κ3) is 3.99. The van der Waals surface area contributed by atoms with E-state index in [9.17, 15) is 9.59 Å². The lowest BCUT2D eigenvalue weighted by Crippen LogP contribution is -2.35. The standard InChI is InChI=1S/C20H20N4O5S/c1-11-6-16(23-29-11)18(25)22-20-21-15-4-5-24(10-17(15)30-20)19(26)12-7-13(27-2)9-14(8-12)28-3/h6-9H,4-5,10H2,1-3H3,(H,21,22,25). The monoisotopic (exact) mass is 428 g/mol. The van der Waals surface area contributed by atoms with Gasteiger partial charge in [-0.05, 0) is 19.1 Å². The maximum Gasteiger partial charge on any atom is 0.279 e. The van der Waals surface area contributed by atoms with Crippen LogP contribution in [0.15, 0.2) is 28.8 Å². The number of benzene rings is 1. The summed E-state index contributed by atoms with van der Waals surface area (Å²) >= 11 is 1.35. The lowest BCUT2D eigenvalue weighted by Gasteiger charge is -2.26. The van der Waals surface area contributed by atoms with Crippen LogP contribution in [0.2, 0.25) is 0 Å². The molecule has 0 aliphatic carbocycles. The normalized spacial score (nSPS) is 13.0. The van der Waals surface area contributed by atoms with Crippen molar-refractivity contribution in [1.29, 1.82) is 0 Å². The van der Waals surface area contributed by atoms with Gasteiger partial charge in [0.2, 0.25) is 0 Å². The Bertz CT molecular complexity index is 1080. The SMILES string of the molecule is COc1cc(OC)cc(C(=O)N2CCc3nc(NC(=O)c4cc(C)on4)sc3C2)c1. The molecule has 0 atom stereocenters. The van der Waals surface area contributed by atoms with E-state index in [0.29, 0.717) is 47.5 Å². The molecule has 1 aliphatic heterocycles. The molecule has 1 N–H and O–H groups in total. The molecule has 4 rings (SSSR count). The maximum absolute atomic E-state index is 13.0. The average molecular weight is 428 g/mol. The second-order valence-electron chi connectivity index (χ2n) is 6.74. The number of aryl methyl sites for hydroxylation is 1. The van der Waals surface area contributed by atoms with Crippen molar-refractivity contribution in [2.45, 2.75) is 19.9 Å². The fraction of sp³-hybridized carbons (Fsp3) is 0.300. The largest absolute Gasteiger partial charge is 0.497 e. The first kappa shape index (κ1) is 19.9. The van der Waals surface area contributed by atoms with Crippen LogP contribution < -0.4 is 14.8 Å². The van der Waals surface area contributed by atoms with Gasteiger partial charge in [0.1, 0.15) is 17.3 Å². The van der Waals surface area contributed by atoms with Gasteiger partial charge in [0, 0.05) is 35.5 Å². The van der Waals surface area contributed by atoms with Crippen molar-refractivity contribution >= 4 is 28.3 Å². The number of ether oxygens (including phenoxy) is 2. The second-order valence-corrected chi connectivity index (χ2v) is 7.83. The highest BCUT2D eigenvalue weighted by atomic mass is 32.1. The number of nitrogens with zero attached hydrogens (tertiary/aromatic N) is 3. The first-order valence-electron chi connectivity index (χ1n) is 9.22. The van der Waals surface area contributed by atoms with E-state index in [4.69, 9.17) is 14.0 Å². The Morgan fingerprint density at radius 2 is 1.90 bits per heavy atom. The zero-order chi connectivity index (χ0) is 21.3. The van der Waals surface area contributed by atoms with Gasteiger partial charge in [0.15, 0.2) is 10.8 Å². The van der Waals surface area contributed by atoms with Crippen LogP contribution in [0.25, 0.3) is 0 Å². The molecule has 9 nitrogen and oxygen atoms in total. The van der Waals surface area contributed by atoms with Gasteiger partial charge in [-0.25, -0.2) is 4.98 Å². The summed E-state index contributed by atoms with van der Waals surface area (Å²) in [7, 11) is 3.09.